The molecule has 2 heterocycles. The number of amides is 1. The quantitative estimate of drug-likeness (QED) is 0.618. The Morgan fingerprint density at radius 3 is 2.59 bits per heavy atom. The average molecular weight is 394 g/mol. The van der Waals surface area contributed by atoms with Gasteiger partial charge in [0.25, 0.3) is 5.69 Å². The second-order valence-corrected chi connectivity index (χ2v) is 6.59. The predicted molar refractivity (Wildman–Crippen MR) is 106 cm³/mol. The third-order valence-corrected chi connectivity index (χ3v) is 4.70. The van der Waals surface area contributed by atoms with E-state index in [4.69, 9.17) is 9.47 Å². The molecule has 2 aromatic rings. The van der Waals surface area contributed by atoms with Crippen LogP contribution in [0, 0.1) is 10.1 Å². The van der Waals surface area contributed by atoms with Crippen LogP contribution in [0.4, 0.5) is 5.69 Å². The molecule has 9 heteroatoms. The highest BCUT2D eigenvalue weighted by molar-refractivity contribution is 6.15. The lowest BCUT2D eigenvalue weighted by molar-refractivity contribution is -0.384. The van der Waals surface area contributed by atoms with Gasteiger partial charge in [0.1, 0.15) is 5.71 Å². The van der Waals surface area contributed by atoms with Crippen LogP contribution in [0.25, 0.3) is 0 Å². The Morgan fingerprint density at radius 2 is 1.90 bits per heavy atom. The first-order valence-electron chi connectivity index (χ1n) is 9.13. The molecule has 148 valence electrons. The van der Waals surface area contributed by atoms with Crippen LogP contribution >= 0.6 is 0 Å². The third kappa shape index (κ3) is 3.79. The van der Waals surface area contributed by atoms with Gasteiger partial charge in [0, 0.05) is 36.1 Å². The first-order valence-corrected chi connectivity index (χ1v) is 9.13. The third-order valence-electron chi connectivity index (χ3n) is 4.70. The smallest absolute Gasteiger partial charge is 0.269 e. The maximum Gasteiger partial charge on any atom is 0.269 e. The highest BCUT2D eigenvalue weighted by Crippen LogP contribution is 2.36. The number of benzene rings is 2. The summed E-state index contributed by atoms with van der Waals surface area (Å²) in [6, 6.07) is 9.89. The van der Waals surface area contributed by atoms with Gasteiger partial charge in [0.2, 0.25) is 12.7 Å². The Balaban J connectivity index is 1.75. The summed E-state index contributed by atoms with van der Waals surface area (Å²) in [6.45, 7) is 2.22. The molecular weight excluding hydrogens is 376 g/mol. The maximum atomic E-state index is 11.6. The Morgan fingerprint density at radius 1 is 1.17 bits per heavy atom. The van der Waals surface area contributed by atoms with E-state index >= 15 is 0 Å². The van der Waals surface area contributed by atoms with Gasteiger partial charge in [-0.25, -0.2) is 0 Å². The summed E-state index contributed by atoms with van der Waals surface area (Å²) in [5, 5.41) is 22.5. The number of hydrogen-bond acceptors (Lipinski definition) is 7. The van der Waals surface area contributed by atoms with Gasteiger partial charge in [0.15, 0.2) is 11.5 Å². The molecule has 1 N–H and O–H groups in total. The number of hydrogen-bond donors (Lipinski definition) is 1. The molecule has 2 aliphatic heterocycles. The van der Waals surface area contributed by atoms with Crippen LogP contribution in [0.1, 0.15) is 30.0 Å². The summed E-state index contributed by atoms with van der Waals surface area (Å²) in [6.07, 6.45) is 0.871. The zero-order valence-electron chi connectivity index (χ0n) is 15.7. The Hall–Kier alpha value is -3.75. The summed E-state index contributed by atoms with van der Waals surface area (Å²) < 4.78 is 11.0. The summed E-state index contributed by atoms with van der Waals surface area (Å²) in [5.74, 6) is 1.19. The molecule has 0 saturated heterocycles. The lowest BCUT2D eigenvalue weighted by Gasteiger charge is -2.11. The van der Waals surface area contributed by atoms with E-state index in [1.54, 1.807) is 19.1 Å². The molecule has 4 rings (SSSR count). The van der Waals surface area contributed by atoms with E-state index in [0.29, 0.717) is 41.3 Å². The van der Waals surface area contributed by atoms with E-state index in [1.165, 1.54) is 12.1 Å². The molecule has 1 amide bonds. The number of non-ortho nitro benzene ring substituents is 1. The largest absolute Gasteiger partial charge is 0.454 e. The zero-order chi connectivity index (χ0) is 20.4. The van der Waals surface area contributed by atoms with E-state index in [2.05, 4.69) is 15.5 Å². The van der Waals surface area contributed by atoms with Crippen LogP contribution in [0.3, 0.4) is 0 Å². The van der Waals surface area contributed by atoms with Crippen molar-refractivity contribution in [3.05, 3.63) is 63.2 Å². The standard InChI is InChI=1S/C20H18N4O5/c1-2-19(25)21-10-14-7-13-8-17-18(29-11-28-17)9-16(13)20(23-22-14)12-3-5-15(6-4-12)24(26)27/h3-6,8-9H,2,7,10-11H2,1H3,(H,21,25). The number of ether oxygens (including phenoxy) is 2. The number of nitrogens with zero attached hydrogens (tertiary/aromatic N) is 3. The molecule has 29 heavy (non-hydrogen) atoms. The summed E-state index contributed by atoms with van der Waals surface area (Å²) in [7, 11) is 0. The molecule has 0 spiro atoms. The highest BCUT2D eigenvalue weighted by Gasteiger charge is 2.24. The molecule has 0 unspecified atom stereocenters. The van der Waals surface area contributed by atoms with Crippen molar-refractivity contribution in [3.63, 3.8) is 0 Å². The first kappa shape index (κ1) is 18.6. The van der Waals surface area contributed by atoms with Crippen molar-refractivity contribution in [2.24, 2.45) is 10.2 Å². The molecule has 0 saturated carbocycles. The Labute approximate surface area is 166 Å². The summed E-state index contributed by atoms with van der Waals surface area (Å²) in [4.78, 5) is 22.1. The van der Waals surface area contributed by atoms with E-state index in [9.17, 15) is 14.9 Å². The zero-order valence-corrected chi connectivity index (χ0v) is 15.7. The molecule has 0 fully saturated rings. The molecule has 2 aliphatic rings. The van der Waals surface area contributed by atoms with E-state index in [-0.39, 0.29) is 24.9 Å². The number of nitro benzene ring substituents is 1. The van der Waals surface area contributed by atoms with Crippen LogP contribution in [0.15, 0.2) is 46.6 Å². The lowest BCUT2D eigenvalue weighted by atomic mass is 9.94. The van der Waals surface area contributed by atoms with Crippen molar-refractivity contribution in [2.45, 2.75) is 19.8 Å². The molecule has 0 bridgehead atoms. The van der Waals surface area contributed by atoms with Gasteiger partial charge in [-0.15, -0.1) is 5.10 Å². The van der Waals surface area contributed by atoms with Gasteiger partial charge < -0.3 is 14.8 Å². The van der Waals surface area contributed by atoms with Crippen molar-refractivity contribution >= 4 is 23.0 Å². The number of carbonyl (C=O) groups is 1. The van der Waals surface area contributed by atoms with Gasteiger partial charge in [-0.2, -0.15) is 5.10 Å². The van der Waals surface area contributed by atoms with Crippen molar-refractivity contribution < 1.29 is 19.2 Å². The maximum absolute atomic E-state index is 11.6. The van der Waals surface area contributed by atoms with Crippen LogP contribution < -0.4 is 14.8 Å². The molecule has 2 aromatic carbocycles. The lowest BCUT2D eigenvalue weighted by Crippen LogP contribution is -2.29. The van der Waals surface area contributed by atoms with E-state index in [1.807, 2.05) is 12.1 Å². The summed E-state index contributed by atoms with van der Waals surface area (Å²) >= 11 is 0. The molecule has 0 atom stereocenters. The Kier molecular flexibility index (Phi) is 4.94. The van der Waals surface area contributed by atoms with Crippen LogP contribution in [-0.2, 0) is 11.2 Å². The van der Waals surface area contributed by atoms with Crippen LogP contribution in [0.2, 0.25) is 0 Å². The molecule has 0 aromatic heterocycles. The van der Waals surface area contributed by atoms with E-state index in [0.717, 1.165) is 11.1 Å². The van der Waals surface area contributed by atoms with Gasteiger partial charge in [-0.3, -0.25) is 14.9 Å². The van der Waals surface area contributed by atoms with Crippen molar-refractivity contribution in [1.82, 2.24) is 5.32 Å². The fraction of sp³-hybridized carbons (Fsp3) is 0.250. The first-order chi connectivity index (χ1) is 14.0. The topological polar surface area (TPSA) is 115 Å². The summed E-state index contributed by atoms with van der Waals surface area (Å²) in [5.41, 5.74) is 3.70. The molecule has 0 aliphatic carbocycles. The van der Waals surface area contributed by atoms with Crippen molar-refractivity contribution in [3.8, 4) is 11.5 Å². The molecular formula is C20H18N4O5. The average Bonchev–Trinajstić information content (AvgIpc) is 3.11. The predicted octanol–water partition coefficient (Wildman–Crippen LogP) is 2.60. The molecule has 9 nitrogen and oxygen atoms in total. The number of nitrogens with one attached hydrogen (secondary N) is 1. The highest BCUT2D eigenvalue weighted by atomic mass is 16.7. The van der Waals surface area contributed by atoms with Crippen molar-refractivity contribution in [1.29, 1.82) is 0 Å². The van der Waals surface area contributed by atoms with Gasteiger partial charge in [-0.05, 0) is 29.8 Å². The number of fused-ring (bicyclic) bond motifs is 2. The van der Waals surface area contributed by atoms with Crippen LogP contribution in [0.5, 0.6) is 11.5 Å². The fourth-order valence-electron chi connectivity index (χ4n) is 3.16. The van der Waals surface area contributed by atoms with Gasteiger partial charge in [0.05, 0.1) is 17.2 Å². The van der Waals surface area contributed by atoms with Gasteiger partial charge >= 0.3 is 0 Å². The SMILES string of the molecule is CCC(=O)NCC1=NN=C(c2ccc([N+](=O)[O-])cc2)c2cc3c(cc2C1)OCO3. The van der Waals surface area contributed by atoms with Crippen molar-refractivity contribution in [2.75, 3.05) is 13.3 Å². The molecule has 0 radical (unpaired) electrons. The normalized spacial score (nSPS) is 14.4. The Bertz CT molecular complexity index is 1040. The second kappa shape index (κ2) is 7.70. The van der Waals surface area contributed by atoms with E-state index < -0.39 is 4.92 Å². The van der Waals surface area contributed by atoms with Gasteiger partial charge in [-0.1, -0.05) is 6.92 Å². The minimum absolute atomic E-state index is 0.000324. The monoisotopic (exact) mass is 394 g/mol. The van der Waals surface area contributed by atoms with Crippen LogP contribution in [-0.4, -0.2) is 35.6 Å². The number of nitro groups is 1. The minimum atomic E-state index is -0.447. The fourth-order valence-corrected chi connectivity index (χ4v) is 3.16. The minimum Gasteiger partial charge on any atom is -0.454 e. The second-order valence-electron chi connectivity index (χ2n) is 6.59. The number of carbonyl (C=O) groups excluding carboxylic acids is 1. The number of rotatable bonds is 5.